The minimum atomic E-state index is -1.86. The van der Waals surface area contributed by atoms with Crippen molar-refractivity contribution >= 4 is 33.3 Å². The maximum atomic E-state index is 13.1. The lowest BCUT2D eigenvalue weighted by molar-refractivity contribution is -0.141. The van der Waals surface area contributed by atoms with Crippen LogP contribution in [0.2, 0.25) is 0 Å². The number of rotatable bonds is 6. The number of ether oxygens (including phenoxy) is 2. The Bertz CT molecular complexity index is 913. The molecule has 2 aromatic carbocycles. The number of hydrogen-bond acceptors (Lipinski definition) is 5. The van der Waals surface area contributed by atoms with Crippen LogP contribution in [0.1, 0.15) is 24.5 Å². The van der Waals surface area contributed by atoms with Gasteiger partial charge in [0, 0.05) is 16.5 Å². The fraction of sp³-hybridized carbons (Fsp3) is 0.300. The predicted molar refractivity (Wildman–Crippen MR) is 104 cm³/mol. The number of Topliss-reactive ketones (excluding diaryl/α,β-unsaturated/α-hetero) is 1. The third kappa shape index (κ3) is 3.44. The van der Waals surface area contributed by atoms with Crippen LogP contribution in [-0.4, -0.2) is 31.0 Å². The van der Waals surface area contributed by atoms with Gasteiger partial charge in [0.15, 0.2) is 17.1 Å². The number of fused-ring (bicyclic) bond motifs is 1. The van der Waals surface area contributed by atoms with E-state index in [1.807, 2.05) is 6.07 Å². The van der Waals surface area contributed by atoms with Crippen LogP contribution in [0.3, 0.4) is 0 Å². The Hall–Kier alpha value is -2.38. The van der Waals surface area contributed by atoms with E-state index in [0.717, 1.165) is 10.0 Å². The highest BCUT2D eigenvalue weighted by Gasteiger charge is 2.50. The molecule has 0 saturated carbocycles. The largest absolute Gasteiger partial charge is 0.493 e. The Balaban J connectivity index is 2.02. The van der Waals surface area contributed by atoms with Gasteiger partial charge in [-0.3, -0.25) is 9.59 Å². The molecule has 0 fully saturated rings. The number of anilines is 1. The molecule has 7 heteroatoms. The summed E-state index contributed by atoms with van der Waals surface area (Å²) in [7, 11) is 3.10. The van der Waals surface area contributed by atoms with Gasteiger partial charge in [-0.2, -0.15) is 0 Å². The molecule has 0 saturated heterocycles. The highest BCUT2D eigenvalue weighted by molar-refractivity contribution is 9.10. The number of aliphatic hydroxyl groups is 1. The molecule has 0 spiro atoms. The minimum absolute atomic E-state index is 0.230. The van der Waals surface area contributed by atoms with E-state index in [-0.39, 0.29) is 18.7 Å². The van der Waals surface area contributed by atoms with E-state index in [4.69, 9.17) is 9.47 Å². The normalized spacial score (nSPS) is 18.4. The first-order valence-electron chi connectivity index (χ1n) is 8.35. The Morgan fingerprint density at radius 2 is 1.85 bits per heavy atom. The van der Waals surface area contributed by atoms with Crippen LogP contribution < -0.4 is 14.4 Å². The molecule has 27 heavy (non-hydrogen) atoms. The number of amides is 1. The number of carbonyl (C=O) groups is 2. The smallest absolute Gasteiger partial charge is 0.264 e. The van der Waals surface area contributed by atoms with Crippen molar-refractivity contribution in [2.45, 2.75) is 25.5 Å². The van der Waals surface area contributed by atoms with E-state index in [0.29, 0.717) is 22.7 Å². The number of halogens is 1. The molecule has 0 bridgehead atoms. The van der Waals surface area contributed by atoms with E-state index in [1.165, 1.54) is 11.8 Å². The van der Waals surface area contributed by atoms with Crippen molar-refractivity contribution < 1.29 is 24.2 Å². The Morgan fingerprint density at radius 3 is 2.48 bits per heavy atom. The van der Waals surface area contributed by atoms with Gasteiger partial charge in [0.2, 0.25) is 0 Å². The topological polar surface area (TPSA) is 76.1 Å². The van der Waals surface area contributed by atoms with E-state index in [2.05, 4.69) is 15.9 Å². The average Bonchev–Trinajstić information content (AvgIpc) is 2.82. The van der Waals surface area contributed by atoms with Crippen LogP contribution in [0.4, 0.5) is 5.69 Å². The zero-order valence-electron chi connectivity index (χ0n) is 15.3. The minimum Gasteiger partial charge on any atom is -0.493 e. The molecule has 2 aromatic rings. The summed E-state index contributed by atoms with van der Waals surface area (Å²) in [4.78, 5) is 26.2. The van der Waals surface area contributed by atoms with Crippen LogP contribution in [0.25, 0.3) is 0 Å². The molecule has 0 radical (unpaired) electrons. The molecule has 1 unspecified atom stereocenters. The lowest BCUT2D eigenvalue weighted by Gasteiger charge is -2.22. The molecule has 1 aliphatic rings. The standard InChI is InChI=1S/C20H20BrNO5/c1-12(23)10-20(25)15-9-14(21)5-6-16(15)22(19(20)24)11-13-4-7-17(26-2)18(8-13)27-3/h4-9,25H,10-11H2,1-3H3. The number of benzene rings is 2. The van der Waals surface area contributed by atoms with Crippen LogP contribution in [0.15, 0.2) is 40.9 Å². The van der Waals surface area contributed by atoms with Gasteiger partial charge in [0.25, 0.3) is 5.91 Å². The molecule has 142 valence electrons. The summed E-state index contributed by atoms with van der Waals surface area (Å²) in [5.74, 6) is 0.369. The maximum Gasteiger partial charge on any atom is 0.264 e. The fourth-order valence-electron chi connectivity index (χ4n) is 3.37. The van der Waals surface area contributed by atoms with E-state index in [9.17, 15) is 14.7 Å². The van der Waals surface area contributed by atoms with Gasteiger partial charge in [-0.1, -0.05) is 22.0 Å². The molecule has 0 aromatic heterocycles. The van der Waals surface area contributed by atoms with Gasteiger partial charge in [0.05, 0.1) is 26.5 Å². The molecular formula is C20H20BrNO5. The van der Waals surface area contributed by atoms with Gasteiger partial charge in [-0.05, 0) is 42.8 Å². The van der Waals surface area contributed by atoms with Crippen molar-refractivity contribution in [1.82, 2.24) is 0 Å². The van der Waals surface area contributed by atoms with Crippen LogP contribution in [0, 0.1) is 0 Å². The molecule has 1 aliphatic heterocycles. The Labute approximate surface area is 165 Å². The Kier molecular flexibility index (Phi) is 5.26. The molecule has 3 rings (SSSR count). The number of hydrogen-bond donors (Lipinski definition) is 1. The van der Waals surface area contributed by atoms with Gasteiger partial charge >= 0.3 is 0 Å². The number of ketones is 1. The first-order chi connectivity index (χ1) is 12.8. The molecule has 6 nitrogen and oxygen atoms in total. The predicted octanol–water partition coefficient (Wildman–Crippen LogP) is 3.18. The van der Waals surface area contributed by atoms with E-state index >= 15 is 0 Å². The van der Waals surface area contributed by atoms with Crippen LogP contribution >= 0.6 is 15.9 Å². The van der Waals surface area contributed by atoms with Crippen molar-refractivity contribution in [1.29, 1.82) is 0 Å². The van der Waals surface area contributed by atoms with Crippen molar-refractivity contribution in [3.8, 4) is 11.5 Å². The van der Waals surface area contributed by atoms with Crippen molar-refractivity contribution in [2.75, 3.05) is 19.1 Å². The van der Waals surface area contributed by atoms with Crippen molar-refractivity contribution in [2.24, 2.45) is 0 Å². The molecular weight excluding hydrogens is 414 g/mol. The number of nitrogens with zero attached hydrogens (tertiary/aromatic N) is 1. The Morgan fingerprint density at radius 1 is 1.15 bits per heavy atom. The molecule has 0 aliphatic carbocycles. The summed E-state index contributed by atoms with van der Waals surface area (Å²) in [6, 6.07) is 10.6. The van der Waals surface area contributed by atoms with Crippen LogP contribution in [-0.2, 0) is 21.7 Å². The molecule has 1 N–H and O–H groups in total. The summed E-state index contributed by atoms with van der Waals surface area (Å²) in [6.07, 6.45) is -0.266. The van der Waals surface area contributed by atoms with Crippen molar-refractivity contribution in [3.63, 3.8) is 0 Å². The number of carbonyl (C=O) groups excluding carboxylic acids is 2. The van der Waals surface area contributed by atoms with Crippen molar-refractivity contribution in [3.05, 3.63) is 52.0 Å². The maximum absolute atomic E-state index is 13.1. The van der Waals surface area contributed by atoms with Gasteiger partial charge in [0.1, 0.15) is 5.78 Å². The van der Waals surface area contributed by atoms with Gasteiger partial charge < -0.3 is 19.5 Å². The summed E-state index contributed by atoms with van der Waals surface area (Å²) < 4.78 is 11.3. The second-order valence-electron chi connectivity index (χ2n) is 6.48. The molecule has 1 atom stereocenters. The second kappa shape index (κ2) is 7.32. The first kappa shape index (κ1) is 19.4. The summed E-state index contributed by atoms with van der Waals surface area (Å²) in [6.45, 7) is 1.59. The fourth-order valence-corrected chi connectivity index (χ4v) is 3.73. The number of methoxy groups -OCH3 is 2. The molecule has 1 heterocycles. The highest BCUT2D eigenvalue weighted by Crippen LogP contribution is 2.44. The van der Waals surface area contributed by atoms with E-state index < -0.39 is 11.5 Å². The lowest BCUT2D eigenvalue weighted by atomic mass is 9.90. The zero-order valence-corrected chi connectivity index (χ0v) is 16.9. The zero-order chi connectivity index (χ0) is 19.8. The average molecular weight is 434 g/mol. The summed E-state index contributed by atoms with van der Waals surface area (Å²) >= 11 is 3.37. The second-order valence-corrected chi connectivity index (χ2v) is 7.40. The third-order valence-electron chi connectivity index (χ3n) is 4.59. The highest BCUT2D eigenvalue weighted by atomic mass is 79.9. The summed E-state index contributed by atoms with van der Waals surface area (Å²) in [5, 5.41) is 11.1. The first-order valence-corrected chi connectivity index (χ1v) is 9.14. The SMILES string of the molecule is COc1ccc(CN2C(=O)C(O)(CC(C)=O)c3cc(Br)ccc32)cc1OC. The third-order valence-corrected chi connectivity index (χ3v) is 5.08. The lowest BCUT2D eigenvalue weighted by Crippen LogP contribution is -2.41. The quantitative estimate of drug-likeness (QED) is 0.756. The molecule has 1 amide bonds. The van der Waals surface area contributed by atoms with Gasteiger partial charge in [-0.25, -0.2) is 0 Å². The van der Waals surface area contributed by atoms with Crippen LogP contribution in [0.5, 0.6) is 11.5 Å². The van der Waals surface area contributed by atoms with Gasteiger partial charge in [-0.15, -0.1) is 0 Å². The van der Waals surface area contributed by atoms with E-state index in [1.54, 1.807) is 44.6 Å². The summed E-state index contributed by atoms with van der Waals surface area (Å²) in [5.41, 5.74) is -0.0390. The monoisotopic (exact) mass is 433 g/mol.